The van der Waals surface area contributed by atoms with Crippen LogP contribution >= 0.6 is 27.5 Å². The normalized spacial score (nSPS) is 11.4. The molecule has 0 aliphatic heterocycles. The van der Waals surface area contributed by atoms with Gasteiger partial charge >= 0.3 is 6.18 Å². The Morgan fingerprint density at radius 3 is 2.40 bits per heavy atom. The predicted octanol–water partition coefficient (Wildman–Crippen LogP) is 4.52. The van der Waals surface area contributed by atoms with Crippen LogP contribution in [0, 0.1) is 0 Å². The fourth-order valence-electron chi connectivity index (χ4n) is 1.45. The van der Waals surface area contributed by atoms with E-state index in [1.807, 2.05) is 24.3 Å². The largest absolute Gasteiger partial charge is 0.433 e. The van der Waals surface area contributed by atoms with Gasteiger partial charge in [-0.2, -0.15) is 13.2 Å². The van der Waals surface area contributed by atoms with Crippen LogP contribution in [-0.4, -0.2) is 9.97 Å². The van der Waals surface area contributed by atoms with Gasteiger partial charge in [0.05, 0.1) is 0 Å². The van der Waals surface area contributed by atoms with E-state index in [9.17, 15) is 13.2 Å². The first-order chi connectivity index (χ1) is 9.34. The molecule has 0 aliphatic carbocycles. The van der Waals surface area contributed by atoms with Crippen molar-refractivity contribution in [3.8, 4) is 0 Å². The minimum absolute atomic E-state index is 0.0280. The minimum atomic E-state index is -4.55. The van der Waals surface area contributed by atoms with Crippen LogP contribution in [0.1, 0.15) is 11.3 Å². The monoisotopic (exact) mass is 365 g/mol. The number of nitrogens with zero attached hydrogens (tertiary/aromatic N) is 2. The average Bonchev–Trinajstić information content (AvgIpc) is 2.36. The van der Waals surface area contributed by atoms with Gasteiger partial charge in [-0.15, -0.1) is 0 Å². The second-order valence-electron chi connectivity index (χ2n) is 3.89. The topological polar surface area (TPSA) is 37.8 Å². The van der Waals surface area contributed by atoms with E-state index in [2.05, 4.69) is 31.2 Å². The Labute approximate surface area is 126 Å². The molecule has 3 nitrogen and oxygen atoms in total. The molecule has 2 rings (SSSR count). The van der Waals surface area contributed by atoms with Crippen LogP contribution in [0.25, 0.3) is 0 Å². The minimum Gasteiger partial charge on any atom is -0.366 e. The Bertz CT molecular complexity index is 602. The van der Waals surface area contributed by atoms with E-state index in [0.717, 1.165) is 16.1 Å². The van der Waals surface area contributed by atoms with Crippen LogP contribution in [0.2, 0.25) is 5.28 Å². The van der Waals surface area contributed by atoms with E-state index in [0.29, 0.717) is 6.54 Å². The van der Waals surface area contributed by atoms with Gasteiger partial charge in [0.1, 0.15) is 5.82 Å². The van der Waals surface area contributed by atoms with Crippen LogP contribution in [0.3, 0.4) is 0 Å². The summed E-state index contributed by atoms with van der Waals surface area (Å²) in [4.78, 5) is 6.87. The van der Waals surface area contributed by atoms with Gasteiger partial charge in [0.2, 0.25) is 5.28 Å². The van der Waals surface area contributed by atoms with E-state index in [4.69, 9.17) is 11.6 Å². The van der Waals surface area contributed by atoms with Gasteiger partial charge in [-0.05, 0) is 29.3 Å². The lowest BCUT2D eigenvalue weighted by atomic mass is 10.2. The fourth-order valence-corrected chi connectivity index (χ4v) is 1.89. The van der Waals surface area contributed by atoms with Gasteiger partial charge in [-0.1, -0.05) is 28.1 Å². The maximum Gasteiger partial charge on any atom is 0.433 e. The highest BCUT2D eigenvalue weighted by atomic mass is 79.9. The molecule has 0 bridgehead atoms. The number of hydrogen-bond acceptors (Lipinski definition) is 3. The van der Waals surface area contributed by atoms with Crippen molar-refractivity contribution >= 4 is 33.3 Å². The molecule has 0 saturated carbocycles. The summed E-state index contributed by atoms with van der Waals surface area (Å²) in [5, 5.41) is 2.34. The number of aromatic nitrogens is 2. The molecule has 0 unspecified atom stereocenters. The highest BCUT2D eigenvalue weighted by Gasteiger charge is 2.33. The molecule has 1 aromatic heterocycles. The summed E-state index contributed by atoms with van der Waals surface area (Å²) in [6.45, 7) is 0.331. The number of nitrogens with one attached hydrogen (secondary N) is 1. The number of rotatable bonds is 3. The van der Waals surface area contributed by atoms with E-state index in [1.54, 1.807) is 0 Å². The maximum absolute atomic E-state index is 12.6. The molecule has 0 aliphatic rings. The van der Waals surface area contributed by atoms with Crippen LogP contribution in [-0.2, 0) is 12.7 Å². The lowest BCUT2D eigenvalue weighted by Crippen LogP contribution is -2.11. The first-order valence-electron chi connectivity index (χ1n) is 5.45. The molecule has 20 heavy (non-hydrogen) atoms. The summed E-state index contributed by atoms with van der Waals surface area (Å²) < 4.78 is 38.6. The molecule has 1 N–H and O–H groups in total. The summed E-state index contributed by atoms with van der Waals surface area (Å²) in [7, 11) is 0. The summed E-state index contributed by atoms with van der Waals surface area (Å²) in [6, 6.07) is 8.18. The van der Waals surface area contributed by atoms with Crippen molar-refractivity contribution in [1.29, 1.82) is 0 Å². The Kier molecular flexibility index (Phi) is 4.49. The molecule has 0 atom stereocenters. The zero-order valence-electron chi connectivity index (χ0n) is 9.88. The molecule has 2 aromatic rings. The van der Waals surface area contributed by atoms with Gasteiger partial charge in [0.25, 0.3) is 0 Å². The zero-order valence-corrected chi connectivity index (χ0v) is 12.2. The highest BCUT2D eigenvalue weighted by molar-refractivity contribution is 9.10. The Hall–Kier alpha value is -1.34. The van der Waals surface area contributed by atoms with Gasteiger partial charge in [-0.25, -0.2) is 9.97 Å². The number of anilines is 1. The molecular weight excluding hydrogens is 359 g/mol. The molecule has 0 radical (unpaired) electrons. The lowest BCUT2D eigenvalue weighted by molar-refractivity contribution is -0.141. The Morgan fingerprint density at radius 1 is 1.15 bits per heavy atom. The molecule has 0 spiro atoms. The Morgan fingerprint density at radius 2 is 1.80 bits per heavy atom. The molecule has 0 saturated heterocycles. The standard InChI is InChI=1S/C12H8BrClF3N3/c13-8-3-1-7(2-4-8)6-18-10-5-9(12(15,16)17)19-11(14)20-10/h1-5H,6H2,(H,18,19,20). The van der Waals surface area contributed by atoms with E-state index >= 15 is 0 Å². The molecule has 0 fully saturated rings. The van der Waals surface area contributed by atoms with Gasteiger partial charge in [-0.3, -0.25) is 0 Å². The third kappa shape index (κ3) is 4.08. The Balaban J connectivity index is 2.13. The van der Waals surface area contributed by atoms with Crippen molar-refractivity contribution in [1.82, 2.24) is 9.97 Å². The van der Waals surface area contributed by atoms with Crippen molar-refractivity contribution in [2.75, 3.05) is 5.32 Å². The third-order valence-corrected chi connectivity index (χ3v) is 3.07. The molecule has 8 heteroatoms. The first-order valence-corrected chi connectivity index (χ1v) is 6.62. The van der Waals surface area contributed by atoms with E-state index in [-0.39, 0.29) is 5.82 Å². The van der Waals surface area contributed by atoms with Crippen LogP contribution in [0.4, 0.5) is 19.0 Å². The van der Waals surface area contributed by atoms with Crippen molar-refractivity contribution in [2.24, 2.45) is 0 Å². The van der Waals surface area contributed by atoms with Crippen molar-refractivity contribution in [3.63, 3.8) is 0 Å². The third-order valence-electron chi connectivity index (χ3n) is 2.38. The van der Waals surface area contributed by atoms with E-state index < -0.39 is 17.2 Å². The first kappa shape index (κ1) is 15.1. The zero-order chi connectivity index (χ0) is 14.8. The van der Waals surface area contributed by atoms with Gasteiger partial charge in [0, 0.05) is 17.1 Å². The second-order valence-corrected chi connectivity index (χ2v) is 5.14. The van der Waals surface area contributed by atoms with E-state index in [1.165, 1.54) is 0 Å². The van der Waals surface area contributed by atoms with Crippen molar-refractivity contribution in [2.45, 2.75) is 12.7 Å². The molecule has 1 heterocycles. The van der Waals surface area contributed by atoms with Crippen molar-refractivity contribution < 1.29 is 13.2 Å². The molecule has 106 valence electrons. The number of hydrogen-bond donors (Lipinski definition) is 1. The number of halogens is 5. The number of alkyl halides is 3. The van der Waals surface area contributed by atoms with Crippen LogP contribution < -0.4 is 5.32 Å². The lowest BCUT2D eigenvalue weighted by Gasteiger charge is -2.10. The quantitative estimate of drug-likeness (QED) is 0.812. The molecule has 0 amide bonds. The average molecular weight is 367 g/mol. The fraction of sp³-hybridized carbons (Fsp3) is 0.167. The summed E-state index contributed by atoms with van der Waals surface area (Å²) in [6.07, 6.45) is -4.55. The van der Waals surface area contributed by atoms with Gasteiger partial charge < -0.3 is 5.32 Å². The predicted molar refractivity (Wildman–Crippen MR) is 73.5 cm³/mol. The molecular formula is C12H8BrClF3N3. The number of benzene rings is 1. The van der Waals surface area contributed by atoms with Crippen LogP contribution in [0.15, 0.2) is 34.8 Å². The summed E-state index contributed by atoms with van der Waals surface area (Å²) in [5.41, 5.74) is -0.174. The smallest absolute Gasteiger partial charge is 0.366 e. The van der Waals surface area contributed by atoms with Crippen molar-refractivity contribution in [3.05, 3.63) is 51.3 Å². The summed E-state index contributed by atoms with van der Waals surface area (Å²) >= 11 is 8.79. The summed E-state index contributed by atoms with van der Waals surface area (Å²) in [5.74, 6) is 0.0280. The van der Waals surface area contributed by atoms with Gasteiger partial charge in [0.15, 0.2) is 5.69 Å². The highest BCUT2D eigenvalue weighted by Crippen LogP contribution is 2.29. The molecule has 1 aromatic carbocycles. The maximum atomic E-state index is 12.6. The van der Waals surface area contributed by atoms with Crippen LogP contribution in [0.5, 0.6) is 0 Å². The second kappa shape index (κ2) is 5.97. The SMILES string of the molecule is FC(F)(F)c1cc(NCc2ccc(Br)cc2)nc(Cl)n1.